The Labute approximate surface area is 141 Å². The number of rotatable bonds is 4. The lowest BCUT2D eigenvalue weighted by Gasteiger charge is -2.36. The Kier molecular flexibility index (Phi) is 4.84. The lowest BCUT2D eigenvalue weighted by atomic mass is 10.2. The van der Waals surface area contributed by atoms with Crippen molar-refractivity contribution in [3.05, 3.63) is 48.2 Å². The first-order chi connectivity index (χ1) is 11.7. The first-order valence-corrected chi connectivity index (χ1v) is 7.91. The lowest BCUT2D eigenvalue weighted by molar-refractivity contribution is 0.0742. The van der Waals surface area contributed by atoms with Crippen LogP contribution in [0.5, 0.6) is 11.6 Å². The Bertz CT molecular complexity index is 712. The number of ether oxygens (including phenoxy) is 2. The van der Waals surface area contributed by atoms with Crippen LogP contribution in [0.4, 0.5) is 5.69 Å². The molecule has 1 saturated heterocycles. The second kappa shape index (κ2) is 7.21. The van der Waals surface area contributed by atoms with E-state index in [0.29, 0.717) is 24.5 Å². The average Bonchev–Trinajstić information content (AvgIpc) is 2.67. The third-order valence-electron chi connectivity index (χ3n) is 4.19. The van der Waals surface area contributed by atoms with Crippen molar-refractivity contribution in [2.45, 2.75) is 0 Å². The van der Waals surface area contributed by atoms with E-state index in [-0.39, 0.29) is 5.91 Å². The van der Waals surface area contributed by atoms with Gasteiger partial charge in [-0.2, -0.15) is 0 Å². The van der Waals surface area contributed by atoms with Gasteiger partial charge in [-0.25, -0.2) is 4.98 Å². The molecule has 0 spiro atoms. The molecular weight excluding hydrogens is 306 g/mol. The Morgan fingerprint density at radius 1 is 1.00 bits per heavy atom. The summed E-state index contributed by atoms with van der Waals surface area (Å²) in [5.74, 6) is 1.18. The number of nitrogens with zero attached hydrogens (tertiary/aromatic N) is 3. The van der Waals surface area contributed by atoms with Crippen LogP contribution in [0.25, 0.3) is 0 Å². The van der Waals surface area contributed by atoms with Crippen molar-refractivity contribution in [3.8, 4) is 11.6 Å². The van der Waals surface area contributed by atoms with Crippen molar-refractivity contribution in [1.29, 1.82) is 0 Å². The van der Waals surface area contributed by atoms with Crippen molar-refractivity contribution in [2.24, 2.45) is 0 Å². The van der Waals surface area contributed by atoms with Gasteiger partial charge in [0.15, 0.2) is 0 Å². The highest BCUT2D eigenvalue weighted by Gasteiger charge is 2.25. The number of carbonyl (C=O) groups is 1. The molecular formula is C18H21N3O3. The fourth-order valence-electron chi connectivity index (χ4n) is 2.93. The van der Waals surface area contributed by atoms with Gasteiger partial charge in [0.25, 0.3) is 5.91 Å². The molecule has 6 heteroatoms. The monoisotopic (exact) mass is 327 g/mol. The SMILES string of the molecule is COc1ccccc1N1CCN(C(=O)c2cccnc2OC)CC1. The number of carbonyl (C=O) groups excluding carboxylic acids is 1. The van der Waals surface area contributed by atoms with Crippen LogP contribution in [0.15, 0.2) is 42.6 Å². The highest BCUT2D eigenvalue weighted by molar-refractivity contribution is 5.96. The minimum absolute atomic E-state index is 0.0420. The first-order valence-electron chi connectivity index (χ1n) is 7.91. The molecule has 1 aromatic heterocycles. The van der Waals surface area contributed by atoms with E-state index in [2.05, 4.69) is 9.88 Å². The highest BCUT2D eigenvalue weighted by atomic mass is 16.5. The van der Waals surface area contributed by atoms with Crippen LogP contribution in [-0.4, -0.2) is 56.2 Å². The van der Waals surface area contributed by atoms with Crippen LogP contribution in [0.3, 0.4) is 0 Å². The lowest BCUT2D eigenvalue weighted by Crippen LogP contribution is -2.49. The number of methoxy groups -OCH3 is 2. The van der Waals surface area contributed by atoms with Crippen molar-refractivity contribution in [3.63, 3.8) is 0 Å². The summed E-state index contributed by atoms with van der Waals surface area (Å²) in [4.78, 5) is 20.9. The minimum atomic E-state index is -0.0420. The van der Waals surface area contributed by atoms with Crippen LogP contribution in [-0.2, 0) is 0 Å². The van der Waals surface area contributed by atoms with E-state index in [1.54, 1.807) is 25.4 Å². The minimum Gasteiger partial charge on any atom is -0.495 e. The van der Waals surface area contributed by atoms with Crippen LogP contribution < -0.4 is 14.4 Å². The molecule has 0 unspecified atom stereocenters. The number of piperazine rings is 1. The number of hydrogen-bond acceptors (Lipinski definition) is 5. The largest absolute Gasteiger partial charge is 0.495 e. The summed E-state index contributed by atoms with van der Waals surface area (Å²) in [7, 11) is 3.20. The first kappa shape index (κ1) is 16.1. The van der Waals surface area contributed by atoms with Gasteiger partial charge in [-0.15, -0.1) is 0 Å². The summed E-state index contributed by atoms with van der Waals surface area (Å²) in [6, 6.07) is 11.4. The maximum atomic E-state index is 12.7. The van der Waals surface area contributed by atoms with E-state index in [0.717, 1.165) is 24.5 Å². The predicted molar refractivity (Wildman–Crippen MR) is 91.9 cm³/mol. The van der Waals surface area contributed by atoms with Gasteiger partial charge in [0, 0.05) is 32.4 Å². The molecule has 0 aliphatic carbocycles. The molecule has 1 amide bonds. The van der Waals surface area contributed by atoms with Crippen molar-refractivity contribution < 1.29 is 14.3 Å². The van der Waals surface area contributed by atoms with Crippen LogP contribution in [0.2, 0.25) is 0 Å². The third-order valence-corrected chi connectivity index (χ3v) is 4.19. The maximum Gasteiger partial charge on any atom is 0.259 e. The van der Waals surface area contributed by atoms with E-state index in [9.17, 15) is 4.79 Å². The van der Waals surface area contributed by atoms with Gasteiger partial charge in [-0.3, -0.25) is 4.79 Å². The second-order valence-electron chi connectivity index (χ2n) is 5.51. The molecule has 0 atom stereocenters. The summed E-state index contributed by atoms with van der Waals surface area (Å²) < 4.78 is 10.6. The number of aromatic nitrogens is 1. The topological polar surface area (TPSA) is 54.9 Å². The van der Waals surface area contributed by atoms with Crippen LogP contribution in [0.1, 0.15) is 10.4 Å². The Hall–Kier alpha value is -2.76. The van der Waals surface area contributed by atoms with Crippen molar-refractivity contribution >= 4 is 11.6 Å². The Morgan fingerprint density at radius 3 is 2.46 bits per heavy atom. The molecule has 2 heterocycles. The summed E-state index contributed by atoms with van der Waals surface area (Å²) in [6.45, 7) is 2.81. The quantitative estimate of drug-likeness (QED) is 0.860. The van der Waals surface area contributed by atoms with Gasteiger partial charge >= 0.3 is 0 Å². The molecule has 126 valence electrons. The third kappa shape index (κ3) is 3.13. The molecule has 6 nitrogen and oxygen atoms in total. The molecule has 3 rings (SSSR count). The summed E-state index contributed by atoms with van der Waals surface area (Å²) in [6.07, 6.45) is 1.62. The van der Waals surface area contributed by atoms with Gasteiger partial charge < -0.3 is 19.3 Å². The zero-order chi connectivity index (χ0) is 16.9. The van der Waals surface area contributed by atoms with Crippen LogP contribution >= 0.6 is 0 Å². The zero-order valence-corrected chi connectivity index (χ0v) is 13.9. The van der Waals surface area contributed by atoms with E-state index in [1.807, 2.05) is 29.2 Å². The molecule has 24 heavy (non-hydrogen) atoms. The standard InChI is InChI=1S/C18H21N3O3/c1-23-16-8-4-3-7-15(16)20-10-12-21(13-11-20)18(22)14-6-5-9-19-17(14)24-2/h3-9H,10-13H2,1-2H3. The number of amides is 1. The molecule has 1 aliphatic rings. The van der Waals surface area contributed by atoms with Gasteiger partial charge in [0.1, 0.15) is 11.3 Å². The summed E-state index contributed by atoms with van der Waals surface area (Å²) in [5.41, 5.74) is 1.57. The number of para-hydroxylation sites is 2. The second-order valence-corrected chi connectivity index (χ2v) is 5.51. The van der Waals surface area contributed by atoms with Crippen molar-refractivity contribution in [2.75, 3.05) is 45.3 Å². The van der Waals surface area contributed by atoms with Gasteiger partial charge in [-0.1, -0.05) is 12.1 Å². The van der Waals surface area contributed by atoms with E-state index in [1.165, 1.54) is 7.11 Å². The molecule has 1 fully saturated rings. The molecule has 2 aromatic rings. The molecule has 0 radical (unpaired) electrons. The fraction of sp³-hybridized carbons (Fsp3) is 0.333. The summed E-state index contributed by atoms with van der Waals surface area (Å²) in [5, 5.41) is 0. The van der Waals surface area contributed by atoms with E-state index < -0.39 is 0 Å². The normalized spacial score (nSPS) is 14.4. The number of anilines is 1. The van der Waals surface area contributed by atoms with Gasteiger partial charge in [-0.05, 0) is 24.3 Å². The average molecular weight is 327 g/mol. The Balaban J connectivity index is 1.70. The number of pyridine rings is 1. The van der Waals surface area contributed by atoms with Crippen LogP contribution in [0, 0.1) is 0 Å². The fourth-order valence-corrected chi connectivity index (χ4v) is 2.93. The molecule has 1 aromatic carbocycles. The maximum absolute atomic E-state index is 12.7. The van der Waals surface area contributed by atoms with Gasteiger partial charge in [0.05, 0.1) is 19.9 Å². The smallest absolute Gasteiger partial charge is 0.259 e. The van der Waals surface area contributed by atoms with E-state index >= 15 is 0 Å². The number of hydrogen-bond donors (Lipinski definition) is 0. The number of benzene rings is 1. The predicted octanol–water partition coefficient (Wildman–Crippen LogP) is 2.06. The molecule has 0 saturated carbocycles. The molecule has 0 bridgehead atoms. The van der Waals surface area contributed by atoms with Gasteiger partial charge in [0.2, 0.25) is 5.88 Å². The zero-order valence-electron chi connectivity index (χ0n) is 13.9. The Morgan fingerprint density at radius 2 is 1.75 bits per heavy atom. The molecule has 1 aliphatic heterocycles. The van der Waals surface area contributed by atoms with E-state index in [4.69, 9.17) is 9.47 Å². The van der Waals surface area contributed by atoms with Crippen molar-refractivity contribution in [1.82, 2.24) is 9.88 Å². The summed E-state index contributed by atoms with van der Waals surface area (Å²) >= 11 is 0. The molecule has 0 N–H and O–H groups in total. The highest BCUT2D eigenvalue weighted by Crippen LogP contribution is 2.28.